The van der Waals surface area contributed by atoms with Crippen molar-refractivity contribution in [3.05, 3.63) is 57.9 Å². The van der Waals surface area contributed by atoms with Crippen LogP contribution in [0.5, 0.6) is 0 Å². The van der Waals surface area contributed by atoms with Crippen LogP contribution in [-0.2, 0) is 6.42 Å². The molecule has 0 bridgehead atoms. The van der Waals surface area contributed by atoms with Crippen LogP contribution in [0.2, 0.25) is 0 Å². The molecule has 0 spiro atoms. The number of nitrogens with one attached hydrogen (secondary N) is 1. The Kier molecular flexibility index (Phi) is 2.59. The van der Waals surface area contributed by atoms with Crippen LogP contribution >= 0.6 is 0 Å². The Bertz CT molecular complexity index is 706. The average Bonchev–Trinajstić information content (AvgIpc) is 2.81. The zero-order chi connectivity index (χ0) is 13.4. The van der Waals surface area contributed by atoms with Gasteiger partial charge in [0.05, 0.1) is 5.56 Å². The van der Waals surface area contributed by atoms with Gasteiger partial charge in [-0.2, -0.15) is 0 Å². The SMILES string of the molecule is O=C(O)c1cc(N2CCc3ccccc32)[nH]c(=O)c1. The van der Waals surface area contributed by atoms with Crippen molar-refractivity contribution >= 4 is 17.5 Å². The molecule has 1 aromatic carbocycles. The van der Waals surface area contributed by atoms with Gasteiger partial charge in [0.25, 0.3) is 0 Å². The van der Waals surface area contributed by atoms with Gasteiger partial charge in [-0.1, -0.05) is 18.2 Å². The lowest BCUT2D eigenvalue weighted by Gasteiger charge is -2.19. The summed E-state index contributed by atoms with van der Waals surface area (Å²) in [6.45, 7) is 0.734. The third-order valence-corrected chi connectivity index (χ3v) is 3.25. The molecule has 19 heavy (non-hydrogen) atoms. The zero-order valence-electron chi connectivity index (χ0n) is 10.1. The largest absolute Gasteiger partial charge is 0.478 e. The molecule has 0 atom stereocenters. The van der Waals surface area contributed by atoms with Crippen molar-refractivity contribution in [3.8, 4) is 0 Å². The fraction of sp³-hybridized carbons (Fsp3) is 0.143. The van der Waals surface area contributed by atoms with E-state index in [1.807, 2.05) is 29.2 Å². The minimum atomic E-state index is -1.10. The Labute approximate surface area is 109 Å². The van der Waals surface area contributed by atoms with E-state index >= 15 is 0 Å². The summed E-state index contributed by atoms with van der Waals surface area (Å²) < 4.78 is 0. The number of hydrogen-bond donors (Lipinski definition) is 2. The van der Waals surface area contributed by atoms with E-state index in [-0.39, 0.29) is 5.56 Å². The maximum Gasteiger partial charge on any atom is 0.336 e. The molecule has 2 heterocycles. The highest BCUT2D eigenvalue weighted by Gasteiger charge is 2.21. The second kappa shape index (κ2) is 4.28. The number of fused-ring (bicyclic) bond motifs is 1. The molecule has 96 valence electrons. The molecule has 1 aromatic heterocycles. The summed E-state index contributed by atoms with van der Waals surface area (Å²) in [6, 6.07) is 10.5. The van der Waals surface area contributed by atoms with Crippen molar-refractivity contribution < 1.29 is 9.90 Å². The van der Waals surface area contributed by atoms with Gasteiger partial charge in [0.15, 0.2) is 0 Å². The minimum Gasteiger partial charge on any atom is -0.478 e. The summed E-state index contributed by atoms with van der Waals surface area (Å²) in [4.78, 5) is 27.2. The number of anilines is 2. The fourth-order valence-electron chi connectivity index (χ4n) is 2.39. The standard InChI is InChI=1S/C14H12N2O3/c17-13-8-10(14(18)19)7-12(15-13)16-6-5-9-3-1-2-4-11(9)16/h1-4,7-8H,5-6H2,(H,15,17)(H,18,19). The van der Waals surface area contributed by atoms with Crippen LogP contribution in [-0.4, -0.2) is 22.6 Å². The predicted molar refractivity (Wildman–Crippen MR) is 71.2 cm³/mol. The van der Waals surface area contributed by atoms with Crippen LogP contribution in [0, 0.1) is 0 Å². The molecule has 0 fully saturated rings. The Morgan fingerprint density at radius 3 is 2.84 bits per heavy atom. The summed E-state index contributed by atoms with van der Waals surface area (Å²) in [5.41, 5.74) is 1.81. The van der Waals surface area contributed by atoms with Gasteiger partial charge in [-0.25, -0.2) is 4.79 Å². The number of aromatic carboxylic acids is 1. The number of pyridine rings is 1. The molecular formula is C14H12N2O3. The van der Waals surface area contributed by atoms with E-state index in [1.54, 1.807) is 0 Å². The smallest absolute Gasteiger partial charge is 0.336 e. The number of para-hydroxylation sites is 1. The lowest BCUT2D eigenvalue weighted by Crippen LogP contribution is -2.20. The van der Waals surface area contributed by atoms with Gasteiger partial charge in [0, 0.05) is 18.3 Å². The highest BCUT2D eigenvalue weighted by Crippen LogP contribution is 2.32. The summed E-state index contributed by atoms with van der Waals surface area (Å²) in [5.74, 6) is -0.574. The van der Waals surface area contributed by atoms with E-state index in [0.717, 1.165) is 24.7 Å². The number of benzene rings is 1. The van der Waals surface area contributed by atoms with Crippen LogP contribution in [0.15, 0.2) is 41.2 Å². The number of aromatic amines is 1. The second-order valence-corrected chi connectivity index (χ2v) is 4.45. The van der Waals surface area contributed by atoms with Crippen molar-refractivity contribution in [2.24, 2.45) is 0 Å². The first-order valence-corrected chi connectivity index (χ1v) is 5.98. The highest BCUT2D eigenvalue weighted by molar-refractivity contribution is 5.88. The van der Waals surface area contributed by atoms with E-state index in [2.05, 4.69) is 4.98 Å². The monoisotopic (exact) mass is 256 g/mol. The third kappa shape index (κ3) is 1.99. The molecular weight excluding hydrogens is 244 g/mol. The lowest BCUT2D eigenvalue weighted by molar-refractivity contribution is 0.0696. The normalized spacial score (nSPS) is 13.4. The van der Waals surface area contributed by atoms with Crippen LogP contribution in [0.25, 0.3) is 0 Å². The molecule has 0 amide bonds. The number of rotatable bonds is 2. The highest BCUT2D eigenvalue weighted by atomic mass is 16.4. The molecule has 1 aliphatic heterocycles. The molecule has 0 saturated carbocycles. The maximum absolute atomic E-state index is 11.5. The van der Waals surface area contributed by atoms with Crippen molar-refractivity contribution in [2.75, 3.05) is 11.4 Å². The summed E-state index contributed by atoms with van der Waals surface area (Å²) in [6.07, 6.45) is 0.884. The van der Waals surface area contributed by atoms with E-state index in [0.29, 0.717) is 5.82 Å². The second-order valence-electron chi connectivity index (χ2n) is 4.45. The fourth-order valence-corrected chi connectivity index (χ4v) is 2.39. The Morgan fingerprint density at radius 1 is 1.26 bits per heavy atom. The Morgan fingerprint density at radius 2 is 2.05 bits per heavy atom. The van der Waals surface area contributed by atoms with Crippen LogP contribution in [0.3, 0.4) is 0 Å². The number of carbonyl (C=O) groups is 1. The number of carboxylic acid groups (broad SMARTS) is 1. The number of H-pyrrole nitrogens is 1. The van der Waals surface area contributed by atoms with E-state index in [1.165, 1.54) is 11.6 Å². The molecule has 0 aliphatic carbocycles. The van der Waals surface area contributed by atoms with Gasteiger partial charge < -0.3 is 15.0 Å². The quantitative estimate of drug-likeness (QED) is 0.858. The van der Waals surface area contributed by atoms with Crippen molar-refractivity contribution in [3.63, 3.8) is 0 Å². The van der Waals surface area contributed by atoms with Gasteiger partial charge in [-0.05, 0) is 24.1 Å². The van der Waals surface area contributed by atoms with E-state index in [4.69, 9.17) is 5.11 Å². The molecule has 0 unspecified atom stereocenters. The number of carboxylic acids is 1. The first kappa shape index (κ1) is 11.5. The van der Waals surface area contributed by atoms with Crippen LogP contribution in [0.1, 0.15) is 15.9 Å². The number of nitrogens with zero attached hydrogens (tertiary/aromatic N) is 1. The minimum absolute atomic E-state index is 0.00290. The topological polar surface area (TPSA) is 73.4 Å². The first-order chi connectivity index (χ1) is 9.15. The molecule has 3 rings (SSSR count). The molecule has 0 radical (unpaired) electrons. The predicted octanol–water partition coefficient (Wildman–Crippen LogP) is 1.77. The molecule has 2 N–H and O–H groups in total. The maximum atomic E-state index is 11.5. The summed E-state index contributed by atoms with van der Waals surface area (Å²) >= 11 is 0. The van der Waals surface area contributed by atoms with Crippen molar-refractivity contribution in [2.45, 2.75) is 6.42 Å². The molecule has 2 aromatic rings. The average molecular weight is 256 g/mol. The zero-order valence-corrected chi connectivity index (χ0v) is 10.1. The van der Waals surface area contributed by atoms with Gasteiger partial charge >= 0.3 is 5.97 Å². The summed E-state index contributed by atoms with van der Waals surface area (Å²) in [7, 11) is 0. The van der Waals surface area contributed by atoms with Crippen LogP contribution < -0.4 is 10.5 Å². The number of hydrogen-bond acceptors (Lipinski definition) is 3. The van der Waals surface area contributed by atoms with E-state index in [9.17, 15) is 9.59 Å². The van der Waals surface area contributed by atoms with Crippen molar-refractivity contribution in [1.29, 1.82) is 0 Å². The van der Waals surface area contributed by atoms with Crippen LogP contribution in [0.4, 0.5) is 11.5 Å². The van der Waals surface area contributed by atoms with E-state index < -0.39 is 11.5 Å². The van der Waals surface area contributed by atoms with Gasteiger partial charge in [0.1, 0.15) is 5.82 Å². The van der Waals surface area contributed by atoms with Gasteiger partial charge in [0.2, 0.25) is 5.56 Å². The summed E-state index contributed by atoms with van der Waals surface area (Å²) in [5, 5.41) is 9.00. The lowest BCUT2D eigenvalue weighted by atomic mass is 10.2. The Balaban J connectivity index is 2.09. The number of aromatic nitrogens is 1. The van der Waals surface area contributed by atoms with Crippen molar-refractivity contribution in [1.82, 2.24) is 4.98 Å². The first-order valence-electron chi connectivity index (χ1n) is 5.98. The molecule has 1 aliphatic rings. The molecule has 0 saturated heterocycles. The molecule has 5 nitrogen and oxygen atoms in total. The van der Waals surface area contributed by atoms with Gasteiger partial charge in [-0.3, -0.25) is 4.79 Å². The van der Waals surface area contributed by atoms with Gasteiger partial charge in [-0.15, -0.1) is 0 Å². The molecule has 5 heteroatoms. The third-order valence-electron chi connectivity index (χ3n) is 3.25. The Hall–Kier alpha value is -2.56.